The fraction of sp³-hybridized carbons (Fsp3) is 0.208. The standard InChI is InChI=1S/C24H24N4OS2/c1-16(2)19-7-4-5-8-20(19)25-22(29)15-31-24-27-26-23(21-9-6-14-30-21)28(24)18-12-10-17(3)11-13-18/h4-14,16H,15H2,1-3H3,(H,25,29). The third kappa shape index (κ3) is 4.89. The molecular weight excluding hydrogens is 424 g/mol. The van der Waals surface area contributed by atoms with Crippen molar-refractivity contribution in [3.8, 4) is 16.4 Å². The summed E-state index contributed by atoms with van der Waals surface area (Å²) in [5.41, 5.74) is 4.16. The van der Waals surface area contributed by atoms with Crippen molar-refractivity contribution in [1.82, 2.24) is 14.8 Å². The summed E-state index contributed by atoms with van der Waals surface area (Å²) >= 11 is 3.01. The van der Waals surface area contributed by atoms with Crippen LogP contribution in [0.2, 0.25) is 0 Å². The van der Waals surface area contributed by atoms with Crippen molar-refractivity contribution in [1.29, 1.82) is 0 Å². The first-order valence-corrected chi connectivity index (χ1v) is 12.0. The van der Waals surface area contributed by atoms with Gasteiger partial charge < -0.3 is 5.32 Å². The Labute approximate surface area is 190 Å². The Hall–Kier alpha value is -2.90. The first-order chi connectivity index (χ1) is 15.0. The number of nitrogens with one attached hydrogen (secondary N) is 1. The van der Waals surface area contributed by atoms with E-state index in [1.807, 2.05) is 40.3 Å². The molecule has 0 bridgehead atoms. The molecule has 2 aromatic heterocycles. The molecule has 0 fully saturated rings. The zero-order chi connectivity index (χ0) is 21.8. The van der Waals surface area contributed by atoms with E-state index in [1.165, 1.54) is 17.3 Å². The number of benzene rings is 2. The number of thiophene rings is 1. The highest BCUT2D eigenvalue weighted by Crippen LogP contribution is 2.31. The Balaban J connectivity index is 1.56. The molecule has 2 aromatic carbocycles. The number of amides is 1. The summed E-state index contributed by atoms with van der Waals surface area (Å²) in [6.07, 6.45) is 0. The van der Waals surface area contributed by atoms with E-state index in [2.05, 4.69) is 66.6 Å². The van der Waals surface area contributed by atoms with Gasteiger partial charge in [0.25, 0.3) is 0 Å². The summed E-state index contributed by atoms with van der Waals surface area (Å²) in [5, 5.41) is 14.6. The van der Waals surface area contributed by atoms with Crippen LogP contribution in [-0.2, 0) is 4.79 Å². The Kier molecular flexibility index (Phi) is 6.53. The molecular formula is C24H24N4OS2. The van der Waals surface area contributed by atoms with Gasteiger partial charge in [-0.25, -0.2) is 0 Å². The predicted octanol–water partition coefficient (Wildman–Crippen LogP) is 6.16. The normalized spacial score (nSPS) is 11.1. The van der Waals surface area contributed by atoms with Crippen LogP contribution < -0.4 is 5.32 Å². The SMILES string of the molecule is Cc1ccc(-n2c(SCC(=O)Nc3ccccc3C(C)C)nnc2-c2cccs2)cc1. The Morgan fingerprint density at radius 1 is 1.06 bits per heavy atom. The third-order valence-electron chi connectivity index (χ3n) is 4.86. The Morgan fingerprint density at radius 2 is 1.84 bits per heavy atom. The number of carbonyl (C=O) groups is 1. The van der Waals surface area contributed by atoms with Crippen molar-refractivity contribution in [2.45, 2.75) is 31.8 Å². The second-order valence-electron chi connectivity index (χ2n) is 7.53. The number of aromatic nitrogens is 3. The molecule has 1 amide bonds. The van der Waals surface area contributed by atoms with Crippen LogP contribution in [0.5, 0.6) is 0 Å². The summed E-state index contributed by atoms with van der Waals surface area (Å²) in [7, 11) is 0. The number of para-hydroxylation sites is 1. The van der Waals surface area contributed by atoms with Crippen molar-refractivity contribution in [2.75, 3.05) is 11.1 Å². The van der Waals surface area contributed by atoms with E-state index in [0.29, 0.717) is 11.1 Å². The van der Waals surface area contributed by atoms with Crippen molar-refractivity contribution in [3.63, 3.8) is 0 Å². The molecule has 0 aliphatic heterocycles. The first kappa shape index (κ1) is 21.3. The van der Waals surface area contributed by atoms with Gasteiger partial charge >= 0.3 is 0 Å². The van der Waals surface area contributed by atoms with Crippen LogP contribution in [0.4, 0.5) is 5.69 Å². The van der Waals surface area contributed by atoms with Gasteiger partial charge in [0.15, 0.2) is 11.0 Å². The zero-order valence-electron chi connectivity index (χ0n) is 17.7. The highest BCUT2D eigenvalue weighted by molar-refractivity contribution is 7.99. The minimum Gasteiger partial charge on any atom is -0.325 e. The van der Waals surface area contributed by atoms with Gasteiger partial charge in [-0.2, -0.15) is 0 Å². The number of aryl methyl sites for hydroxylation is 1. The average Bonchev–Trinajstić information content (AvgIpc) is 3.43. The summed E-state index contributed by atoms with van der Waals surface area (Å²) in [4.78, 5) is 13.7. The van der Waals surface area contributed by atoms with E-state index in [1.54, 1.807) is 11.3 Å². The summed E-state index contributed by atoms with van der Waals surface area (Å²) in [6.45, 7) is 6.30. The lowest BCUT2D eigenvalue weighted by molar-refractivity contribution is -0.113. The topological polar surface area (TPSA) is 59.8 Å². The third-order valence-corrected chi connectivity index (χ3v) is 6.65. The number of thioether (sulfide) groups is 1. The quantitative estimate of drug-likeness (QED) is 0.344. The maximum absolute atomic E-state index is 12.7. The molecule has 31 heavy (non-hydrogen) atoms. The highest BCUT2D eigenvalue weighted by atomic mass is 32.2. The van der Waals surface area contributed by atoms with Gasteiger partial charge in [0.2, 0.25) is 5.91 Å². The van der Waals surface area contributed by atoms with Gasteiger partial charge in [-0.1, -0.05) is 67.6 Å². The molecule has 1 N–H and O–H groups in total. The van der Waals surface area contributed by atoms with Crippen LogP contribution in [0, 0.1) is 6.92 Å². The van der Waals surface area contributed by atoms with Crippen LogP contribution in [0.3, 0.4) is 0 Å². The zero-order valence-corrected chi connectivity index (χ0v) is 19.3. The molecule has 0 aliphatic rings. The van der Waals surface area contributed by atoms with E-state index in [-0.39, 0.29) is 11.7 Å². The van der Waals surface area contributed by atoms with Gasteiger partial charge in [0.05, 0.1) is 10.6 Å². The predicted molar refractivity (Wildman–Crippen MR) is 129 cm³/mol. The largest absolute Gasteiger partial charge is 0.325 e. The minimum atomic E-state index is -0.0609. The van der Waals surface area contributed by atoms with E-state index in [0.717, 1.165) is 27.6 Å². The summed E-state index contributed by atoms with van der Waals surface area (Å²) in [5.74, 6) is 1.31. The Morgan fingerprint density at radius 3 is 2.55 bits per heavy atom. The molecule has 0 atom stereocenters. The summed E-state index contributed by atoms with van der Waals surface area (Å²) in [6, 6.07) is 20.2. The van der Waals surface area contributed by atoms with Gasteiger partial charge in [0.1, 0.15) is 0 Å². The second kappa shape index (κ2) is 9.49. The lowest BCUT2D eigenvalue weighted by atomic mass is 10.0. The molecule has 7 heteroatoms. The Bertz CT molecular complexity index is 1160. The molecule has 0 spiro atoms. The van der Waals surface area contributed by atoms with Crippen LogP contribution in [0.15, 0.2) is 71.2 Å². The number of hydrogen-bond acceptors (Lipinski definition) is 5. The van der Waals surface area contributed by atoms with Crippen LogP contribution in [0.25, 0.3) is 16.4 Å². The van der Waals surface area contributed by atoms with Gasteiger partial charge in [-0.3, -0.25) is 9.36 Å². The minimum absolute atomic E-state index is 0.0609. The van der Waals surface area contributed by atoms with Crippen LogP contribution in [0.1, 0.15) is 30.9 Å². The number of carbonyl (C=O) groups excluding carboxylic acids is 1. The lowest BCUT2D eigenvalue weighted by Crippen LogP contribution is -2.16. The maximum atomic E-state index is 12.7. The number of nitrogens with zero attached hydrogens (tertiary/aromatic N) is 3. The number of anilines is 1. The molecule has 0 saturated carbocycles. The van der Waals surface area contributed by atoms with Gasteiger partial charge in [-0.15, -0.1) is 21.5 Å². The van der Waals surface area contributed by atoms with E-state index >= 15 is 0 Å². The van der Waals surface area contributed by atoms with Crippen LogP contribution in [-0.4, -0.2) is 26.4 Å². The van der Waals surface area contributed by atoms with Gasteiger partial charge in [0, 0.05) is 11.4 Å². The van der Waals surface area contributed by atoms with E-state index in [4.69, 9.17) is 0 Å². The fourth-order valence-corrected chi connectivity index (χ4v) is 4.74. The molecule has 4 aromatic rings. The monoisotopic (exact) mass is 448 g/mol. The van der Waals surface area contributed by atoms with Crippen molar-refractivity contribution in [2.24, 2.45) is 0 Å². The first-order valence-electron chi connectivity index (χ1n) is 10.1. The second-order valence-corrected chi connectivity index (χ2v) is 9.42. The molecule has 0 aliphatic carbocycles. The molecule has 0 saturated heterocycles. The molecule has 0 radical (unpaired) electrons. The molecule has 2 heterocycles. The van der Waals surface area contributed by atoms with E-state index in [9.17, 15) is 4.79 Å². The number of hydrogen-bond donors (Lipinski definition) is 1. The van der Waals surface area contributed by atoms with Gasteiger partial charge in [-0.05, 0) is 48.1 Å². The lowest BCUT2D eigenvalue weighted by Gasteiger charge is -2.13. The fourth-order valence-electron chi connectivity index (χ4n) is 3.29. The maximum Gasteiger partial charge on any atom is 0.234 e. The van der Waals surface area contributed by atoms with Crippen molar-refractivity contribution < 1.29 is 4.79 Å². The van der Waals surface area contributed by atoms with Crippen molar-refractivity contribution in [3.05, 3.63) is 77.2 Å². The molecule has 5 nitrogen and oxygen atoms in total. The van der Waals surface area contributed by atoms with Crippen LogP contribution >= 0.6 is 23.1 Å². The molecule has 0 unspecified atom stereocenters. The smallest absolute Gasteiger partial charge is 0.234 e. The summed E-state index contributed by atoms with van der Waals surface area (Å²) < 4.78 is 2.02. The average molecular weight is 449 g/mol. The highest BCUT2D eigenvalue weighted by Gasteiger charge is 2.18. The van der Waals surface area contributed by atoms with E-state index < -0.39 is 0 Å². The molecule has 4 rings (SSSR count). The van der Waals surface area contributed by atoms with Crippen molar-refractivity contribution >= 4 is 34.7 Å². The number of rotatable bonds is 7. The molecule has 158 valence electrons.